The van der Waals surface area contributed by atoms with Crippen LogP contribution in [0.2, 0.25) is 15.1 Å². The molecule has 0 radical (unpaired) electrons. The molecule has 2 heterocycles. The number of nitrogens with zero attached hydrogens (tertiary/aromatic N) is 3. The summed E-state index contributed by atoms with van der Waals surface area (Å²) in [6, 6.07) is 2.97. The number of carbonyl (C=O) groups is 1. The van der Waals surface area contributed by atoms with Crippen LogP contribution in [0.4, 0.5) is 4.79 Å². The van der Waals surface area contributed by atoms with E-state index in [-0.39, 0.29) is 19.2 Å². The van der Waals surface area contributed by atoms with Crippen LogP contribution in [0.15, 0.2) is 30.9 Å². The summed E-state index contributed by atoms with van der Waals surface area (Å²) >= 11 is 18.0. The molecule has 0 saturated carbocycles. The van der Waals surface area contributed by atoms with Gasteiger partial charge in [-0.3, -0.25) is 4.57 Å². The molecule has 10 nitrogen and oxygen atoms in total. The largest absolute Gasteiger partial charge is 0.489 e. The molecular formula is C20H26Cl3N3O7. The summed E-state index contributed by atoms with van der Waals surface area (Å²) in [4.78, 5) is 17.9. The van der Waals surface area contributed by atoms with Crippen molar-refractivity contribution in [3.8, 4) is 5.75 Å². The number of aromatic nitrogens is 2. The third-order valence-electron chi connectivity index (χ3n) is 4.53. The van der Waals surface area contributed by atoms with E-state index < -0.39 is 24.6 Å². The Morgan fingerprint density at radius 2 is 1.85 bits per heavy atom. The van der Waals surface area contributed by atoms with Crippen molar-refractivity contribution in [2.45, 2.75) is 37.9 Å². The van der Waals surface area contributed by atoms with Gasteiger partial charge in [0.1, 0.15) is 31.2 Å². The zero-order chi connectivity index (χ0) is 24.5. The lowest BCUT2D eigenvalue weighted by molar-refractivity contribution is -0.252. The molecule has 1 aliphatic heterocycles. The second kappa shape index (κ2) is 13.3. The van der Waals surface area contributed by atoms with Crippen molar-refractivity contribution < 1.29 is 34.7 Å². The second-order valence-corrected chi connectivity index (χ2v) is 8.31. The van der Waals surface area contributed by atoms with E-state index in [1.54, 1.807) is 29.4 Å². The fourth-order valence-corrected chi connectivity index (χ4v) is 3.75. The number of ether oxygens (including phenoxy) is 2. The molecule has 1 amide bonds. The molecule has 0 unspecified atom stereocenters. The summed E-state index contributed by atoms with van der Waals surface area (Å²) in [7, 11) is 0. The van der Waals surface area contributed by atoms with Crippen molar-refractivity contribution >= 4 is 40.8 Å². The molecule has 13 heteroatoms. The predicted molar refractivity (Wildman–Crippen MR) is 122 cm³/mol. The highest BCUT2D eigenvalue weighted by Crippen LogP contribution is 2.35. The topological polar surface area (TPSA) is 138 Å². The normalized spacial score (nSPS) is 22.3. The van der Waals surface area contributed by atoms with Crippen LogP contribution in [-0.2, 0) is 4.74 Å². The number of hydrogen-bond donors (Lipinski definition) is 4. The molecule has 2 aromatic rings. The summed E-state index contributed by atoms with van der Waals surface area (Å²) in [6.07, 6.45) is 0.246. The lowest BCUT2D eigenvalue weighted by Crippen LogP contribution is -2.52. The first-order valence-corrected chi connectivity index (χ1v) is 11.2. The van der Waals surface area contributed by atoms with Gasteiger partial charge < -0.3 is 34.8 Å². The second-order valence-electron chi connectivity index (χ2n) is 7.06. The third-order valence-corrected chi connectivity index (χ3v) is 5.31. The zero-order valence-electron chi connectivity index (χ0n) is 17.7. The van der Waals surface area contributed by atoms with E-state index in [1.807, 2.05) is 6.92 Å². The van der Waals surface area contributed by atoms with E-state index in [0.717, 1.165) is 6.42 Å². The van der Waals surface area contributed by atoms with Crippen LogP contribution in [0, 0.1) is 0 Å². The number of aliphatic hydroxyl groups excluding tert-OH is 4. The average Bonchev–Trinajstić information content (AvgIpc) is 3.31. The minimum absolute atomic E-state index is 0.152. The molecule has 184 valence electrons. The third kappa shape index (κ3) is 7.97. The molecule has 4 atom stereocenters. The van der Waals surface area contributed by atoms with Crippen molar-refractivity contribution in [3.63, 3.8) is 0 Å². The molecule has 33 heavy (non-hydrogen) atoms. The van der Waals surface area contributed by atoms with Gasteiger partial charge in [-0.2, -0.15) is 0 Å². The molecule has 1 aliphatic rings. The molecule has 0 spiro atoms. The Morgan fingerprint density at radius 1 is 1.18 bits per heavy atom. The first-order valence-electron chi connectivity index (χ1n) is 10.0. The molecule has 1 aromatic carbocycles. The number of amides is 1. The Morgan fingerprint density at radius 3 is 2.39 bits per heavy atom. The van der Waals surface area contributed by atoms with Crippen LogP contribution >= 0.6 is 34.8 Å². The molecule has 0 bridgehead atoms. The van der Waals surface area contributed by atoms with Crippen molar-refractivity contribution in [2.75, 3.05) is 26.3 Å². The molecule has 3 rings (SSSR count). The Kier molecular flexibility index (Phi) is 11.1. The number of imidazole rings is 1. The Labute approximate surface area is 205 Å². The standard InChI is InChI=1S/C15H16Cl3N3O2.C5H10O5/c1-2-4-20(15(22)21-5-3-19-10-21)6-7-23-14-12(17)8-11(16)9-13(14)18;6-2-1-10-5(9)4(8)3(2)7/h3,5,8-10H,2,4,6-7H2,1H3;2-9H,1H2/t;2-,3-,4+,5-/m.1/s1. The fraction of sp³-hybridized carbons (Fsp3) is 0.500. The lowest BCUT2D eigenvalue weighted by Gasteiger charge is -2.31. The van der Waals surface area contributed by atoms with Crippen molar-refractivity contribution in [1.29, 1.82) is 0 Å². The van der Waals surface area contributed by atoms with E-state index >= 15 is 0 Å². The maximum atomic E-state index is 12.3. The van der Waals surface area contributed by atoms with Gasteiger partial charge in [-0.05, 0) is 18.6 Å². The molecule has 1 fully saturated rings. The predicted octanol–water partition coefficient (Wildman–Crippen LogP) is 2.02. The fourth-order valence-electron chi connectivity index (χ4n) is 2.82. The lowest BCUT2D eigenvalue weighted by atomic mass is 10.1. The Balaban J connectivity index is 0.000000321. The van der Waals surface area contributed by atoms with Gasteiger partial charge in [0.15, 0.2) is 12.0 Å². The van der Waals surface area contributed by atoms with Gasteiger partial charge in [0.25, 0.3) is 0 Å². The molecule has 0 aliphatic carbocycles. The highest BCUT2D eigenvalue weighted by atomic mass is 35.5. The maximum absolute atomic E-state index is 12.3. The minimum Gasteiger partial charge on any atom is -0.489 e. The number of aliphatic hydroxyl groups is 4. The Bertz CT molecular complexity index is 851. The summed E-state index contributed by atoms with van der Waals surface area (Å²) in [6.45, 7) is 3.13. The molecule has 1 saturated heterocycles. The molecule has 1 aromatic heterocycles. The van der Waals surface area contributed by atoms with Crippen molar-refractivity contribution in [1.82, 2.24) is 14.5 Å². The highest BCUT2D eigenvalue weighted by Gasteiger charge is 2.36. The van der Waals surface area contributed by atoms with Gasteiger partial charge in [0.2, 0.25) is 0 Å². The summed E-state index contributed by atoms with van der Waals surface area (Å²) in [5.74, 6) is 0.365. The van der Waals surface area contributed by atoms with E-state index in [4.69, 9.17) is 60.0 Å². The minimum atomic E-state index is -1.41. The molecule has 4 N–H and O–H groups in total. The smallest absolute Gasteiger partial charge is 0.329 e. The summed E-state index contributed by atoms with van der Waals surface area (Å²) < 4.78 is 11.5. The van der Waals surface area contributed by atoms with Crippen LogP contribution in [-0.4, -0.2) is 91.8 Å². The van der Waals surface area contributed by atoms with Gasteiger partial charge in [0.05, 0.1) is 23.2 Å². The zero-order valence-corrected chi connectivity index (χ0v) is 20.0. The Hall–Kier alpha value is -1.63. The first-order chi connectivity index (χ1) is 15.6. The van der Waals surface area contributed by atoms with Crippen LogP contribution in [0.1, 0.15) is 13.3 Å². The molecular weight excluding hydrogens is 501 g/mol. The van der Waals surface area contributed by atoms with E-state index in [2.05, 4.69) is 9.72 Å². The van der Waals surface area contributed by atoms with E-state index in [9.17, 15) is 4.79 Å². The van der Waals surface area contributed by atoms with Gasteiger partial charge in [0, 0.05) is 24.0 Å². The van der Waals surface area contributed by atoms with Gasteiger partial charge in [-0.1, -0.05) is 41.7 Å². The number of hydrogen-bond acceptors (Lipinski definition) is 8. The van der Waals surface area contributed by atoms with E-state index in [0.29, 0.717) is 33.9 Å². The average molecular weight is 527 g/mol. The monoisotopic (exact) mass is 525 g/mol. The van der Waals surface area contributed by atoms with Crippen LogP contribution in [0.3, 0.4) is 0 Å². The summed E-state index contributed by atoms with van der Waals surface area (Å²) in [5, 5.41) is 36.4. The highest BCUT2D eigenvalue weighted by molar-refractivity contribution is 6.40. The van der Waals surface area contributed by atoms with Gasteiger partial charge in [-0.15, -0.1) is 0 Å². The summed E-state index contributed by atoms with van der Waals surface area (Å²) in [5.41, 5.74) is 0. The first kappa shape index (κ1) is 27.6. The number of benzene rings is 1. The number of rotatable bonds is 6. The van der Waals surface area contributed by atoms with Crippen LogP contribution in [0.5, 0.6) is 5.75 Å². The number of carbonyl (C=O) groups excluding carboxylic acids is 1. The SMILES string of the molecule is CCCN(CCOc1c(Cl)cc(Cl)cc1Cl)C(=O)n1ccnc1.O[C@H]1[C@H](O)[C@H](O)OC[C@H]1O. The van der Waals surface area contributed by atoms with Crippen molar-refractivity contribution in [2.24, 2.45) is 0 Å². The van der Waals surface area contributed by atoms with E-state index in [1.165, 1.54) is 10.9 Å². The van der Waals surface area contributed by atoms with Crippen LogP contribution < -0.4 is 4.74 Å². The van der Waals surface area contributed by atoms with Gasteiger partial charge >= 0.3 is 6.03 Å². The van der Waals surface area contributed by atoms with Crippen LogP contribution in [0.25, 0.3) is 0 Å². The van der Waals surface area contributed by atoms with Gasteiger partial charge in [-0.25, -0.2) is 9.78 Å². The maximum Gasteiger partial charge on any atom is 0.329 e. The number of halogens is 3. The van der Waals surface area contributed by atoms with Crippen molar-refractivity contribution in [3.05, 3.63) is 45.9 Å². The quantitative estimate of drug-likeness (QED) is 0.449.